The van der Waals surface area contributed by atoms with Crippen LogP contribution in [0.4, 0.5) is 4.79 Å². The molecular formula is C13H16N2O5. The molecule has 0 aliphatic heterocycles. The maximum Gasteiger partial charge on any atom is 0.404 e. The number of carbonyl (C=O) groups is 3. The summed E-state index contributed by atoms with van der Waals surface area (Å²) in [5, 5.41) is 11.7. The Bertz CT molecular complexity index is 554. The highest BCUT2D eigenvalue weighted by molar-refractivity contribution is 6.06. The second-order valence-electron chi connectivity index (χ2n) is 4.18. The number of rotatable bonds is 5. The zero-order valence-electron chi connectivity index (χ0n) is 11.2. The molecule has 20 heavy (non-hydrogen) atoms. The summed E-state index contributed by atoms with van der Waals surface area (Å²) in [6, 6.07) is 3.32. The largest absolute Gasteiger partial charge is 0.478 e. The van der Waals surface area contributed by atoms with Crippen molar-refractivity contribution in [1.82, 2.24) is 5.32 Å². The van der Waals surface area contributed by atoms with E-state index in [0.717, 1.165) is 0 Å². The number of amides is 2. The van der Waals surface area contributed by atoms with Crippen molar-refractivity contribution in [3.63, 3.8) is 0 Å². The monoisotopic (exact) mass is 280 g/mol. The first-order chi connectivity index (χ1) is 9.34. The molecular weight excluding hydrogens is 264 g/mol. The van der Waals surface area contributed by atoms with Gasteiger partial charge >= 0.3 is 12.1 Å². The van der Waals surface area contributed by atoms with Gasteiger partial charge in [-0.2, -0.15) is 0 Å². The van der Waals surface area contributed by atoms with Gasteiger partial charge in [0.15, 0.2) is 0 Å². The minimum atomic E-state index is -1.16. The fourth-order valence-corrected chi connectivity index (χ4v) is 1.78. The topological polar surface area (TPSA) is 119 Å². The first-order valence-corrected chi connectivity index (χ1v) is 5.88. The van der Waals surface area contributed by atoms with E-state index in [1.807, 2.05) is 0 Å². The predicted octanol–water partition coefficient (Wildman–Crippen LogP) is 0.827. The average Bonchev–Trinajstić information content (AvgIpc) is 2.36. The minimum absolute atomic E-state index is 0.0293. The van der Waals surface area contributed by atoms with Crippen LogP contribution in [0, 0.1) is 13.8 Å². The number of carboxylic acids is 1. The van der Waals surface area contributed by atoms with E-state index in [2.05, 4.69) is 10.1 Å². The van der Waals surface area contributed by atoms with Crippen LogP contribution in [-0.4, -0.2) is 36.2 Å². The van der Waals surface area contributed by atoms with Gasteiger partial charge in [0.2, 0.25) is 0 Å². The molecule has 0 bridgehead atoms. The van der Waals surface area contributed by atoms with Gasteiger partial charge in [-0.3, -0.25) is 4.79 Å². The molecule has 1 aromatic rings. The van der Waals surface area contributed by atoms with Crippen molar-refractivity contribution in [2.75, 3.05) is 13.2 Å². The predicted molar refractivity (Wildman–Crippen MR) is 70.7 cm³/mol. The van der Waals surface area contributed by atoms with Crippen molar-refractivity contribution in [2.24, 2.45) is 5.73 Å². The maximum atomic E-state index is 12.0. The Morgan fingerprint density at radius 2 is 1.75 bits per heavy atom. The van der Waals surface area contributed by atoms with Crippen molar-refractivity contribution in [3.05, 3.63) is 34.4 Å². The zero-order chi connectivity index (χ0) is 15.3. The molecule has 1 aromatic carbocycles. The normalized spacial score (nSPS) is 9.90. The molecule has 0 radical (unpaired) electrons. The lowest BCUT2D eigenvalue weighted by atomic mass is 9.96. The van der Waals surface area contributed by atoms with E-state index >= 15 is 0 Å². The van der Waals surface area contributed by atoms with Gasteiger partial charge in [0.25, 0.3) is 5.91 Å². The lowest BCUT2D eigenvalue weighted by molar-refractivity contribution is 0.0690. The molecule has 0 aliphatic rings. The highest BCUT2D eigenvalue weighted by atomic mass is 16.5. The average molecular weight is 280 g/mol. The lowest BCUT2D eigenvalue weighted by Gasteiger charge is -2.12. The highest BCUT2D eigenvalue weighted by Gasteiger charge is 2.20. The second-order valence-corrected chi connectivity index (χ2v) is 4.18. The van der Waals surface area contributed by atoms with E-state index in [0.29, 0.717) is 11.1 Å². The Labute approximate surface area is 115 Å². The van der Waals surface area contributed by atoms with Crippen LogP contribution >= 0.6 is 0 Å². The summed E-state index contributed by atoms with van der Waals surface area (Å²) in [6.45, 7) is 3.25. The third-order valence-corrected chi connectivity index (χ3v) is 2.69. The standard InChI is InChI=1S/C13H16N2O5/c1-7-3-4-8(2)10(12(17)18)9(7)11(16)15-5-6-20-13(14)19/h3-4H,5-6H2,1-2H3,(H2,14,19)(H,15,16)(H,17,18). The van der Waals surface area contributed by atoms with Gasteiger partial charge in [0, 0.05) is 0 Å². The van der Waals surface area contributed by atoms with E-state index in [4.69, 9.17) is 5.73 Å². The molecule has 0 atom stereocenters. The molecule has 0 heterocycles. The van der Waals surface area contributed by atoms with Crippen LogP contribution in [0.5, 0.6) is 0 Å². The third kappa shape index (κ3) is 3.71. The first-order valence-electron chi connectivity index (χ1n) is 5.88. The van der Waals surface area contributed by atoms with Gasteiger partial charge in [0.1, 0.15) is 6.61 Å². The van der Waals surface area contributed by atoms with Gasteiger partial charge in [-0.1, -0.05) is 12.1 Å². The van der Waals surface area contributed by atoms with Crippen molar-refractivity contribution >= 4 is 18.0 Å². The van der Waals surface area contributed by atoms with Crippen LogP contribution < -0.4 is 11.1 Å². The van der Waals surface area contributed by atoms with E-state index in [1.54, 1.807) is 26.0 Å². The van der Waals surface area contributed by atoms with Crippen molar-refractivity contribution in [2.45, 2.75) is 13.8 Å². The van der Waals surface area contributed by atoms with Crippen LogP contribution in [0.3, 0.4) is 0 Å². The fraction of sp³-hybridized carbons (Fsp3) is 0.308. The molecule has 7 heteroatoms. The Morgan fingerprint density at radius 3 is 2.25 bits per heavy atom. The van der Waals surface area contributed by atoms with Crippen molar-refractivity contribution < 1.29 is 24.2 Å². The van der Waals surface area contributed by atoms with Crippen LogP contribution in [0.2, 0.25) is 0 Å². The number of nitrogens with two attached hydrogens (primary N) is 1. The number of ether oxygens (including phenoxy) is 1. The summed E-state index contributed by atoms with van der Waals surface area (Å²) < 4.78 is 4.47. The molecule has 4 N–H and O–H groups in total. The number of nitrogens with one attached hydrogen (secondary N) is 1. The molecule has 0 unspecified atom stereocenters. The summed E-state index contributed by atoms with van der Waals surface area (Å²) in [6.07, 6.45) is -0.933. The van der Waals surface area contributed by atoms with Crippen molar-refractivity contribution in [3.8, 4) is 0 Å². The van der Waals surface area contributed by atoms with Gasteiger partial charge in [-0.25, -0.2) is 9.59 Å². The second kappa shape index (κ2) is 6.55. The van der Waals surface area contributed by atoms with Crippen molar-refractivity contribution in [1.29, 1.82) is 0 Å². The third-order valence-electron chi connectivity index (χ3n) is 2.69. The molecule has 7 nitrogen and oxygen atoms in total. The van der Waals surface area contributed by atoms with Crippen LogP contribution in [0.1, 0.15) is 31.8 Å². The Morgan fingerprint density at radius 1 is 1.20 bits per heavy atom. The number of benzene rings is 1. The number of primary amides is 1. The number of aryl methyl sites for hydroxylation is 2. The van der Waals surface area contributed by atoms with Crippen LogP contribution in [-0.2, 0) is 4.74 Å². The summed E-state index contributed by atoms with van der Waals surface area (Å²) >= 11 is 0. The lowest BCUT2D eigenvalue weighted by Crippen LogP contribution is -2.31. The number of carbonyl (C=O) groups excluding carboxylic acids is 2. The molecule has 0 saturated heterocycles. The van der Waals surface area contributed by atoms with Gasteiger partial charge < -0.3 is 20.9 Å². The summed E-state index contributed by atoms with van der Waals surface area (Å²) in [5.74, 6) is -1.69. The molecule has 0 aromatic heterocycles. The summed E-state index contributed by atoms with van der Waals surface area (Å²) in [7, 11) is 0. The highest BCUT2D eigenvalue weighted by Crippen LogP contribution is 2.18. The molecule has 108 valence electrons. The smallest absolute Gasteiger partial charge is 0.404 e. The zero-order valence-corrected chi connectivity index (χ0v) is 11.2. The maximum absolute atomic E-state index is 12.0. The van der Waals surface area contributed by atoms with Crippen LogP contribution in [0.15, 0.2) is 12.1 Å². The number of carboxylic acid groups (broad SMARTS) is 1. The summed E-state index contributed by atoms with van der Waals surface area (Å²) in [5.41, 5.74) is 5.91. The molecule has 1 rings (SSSR count). The molecule has 0 saturated carbocycles. The number of aromatic carboxylic acids is 1. The Balaban J connectivity index is 2.90. The van der Waals surface area contributed by atoms with E-state index in [9.17, 15) is 19.5 Å². The first kappa shape index (κ1) is 15.5. The molecule has 0 spiro atoms. The van der Waals surface area contributed by atoms with E-state index < -0.39 is 18.0 Å². The van der Waals surface area contributed by atoms with Gasteiger partial charge in [-0.15, -0.1) is 0 Å². The molecule has 0 aliphatic carbocycles. The molecule has 0 fully saturated rings. The number of hydrogen-bond donors (Lipinski definition) is 3. The van der Waals surface area contributed by atoms with E-state index in [1.165, 1.54) is 0 Å². The SMILES string of the molecule is Cc1ccc(C)c(C(=O)NCCOC(N)=O)c1C(=O)O. The minimum Gasteiger partial charge on any atom is -0.478 e. The summed E-state index contributed by atoms with van der Waals surface area (Å²) in [4.78, 5) is 33.7. The fourth-order valence-electron chi connectivity index (χ4n) is 1.78. The van der Waals surface area contributed by atoms with Gasteiger partial charge in [0.05, 0.1) is 17.7 Å². The quantitative estimate of drug-likeness (QED) is 0.690. The number of hydrogen-bond acceptors (Lipinski definition) is 4. The Hall–Kier alpha value is -2.57. The van der Waals surface area contributed by atoms with Crippen LogP contribution in [0.25, 0.3) is 0 Å². The van der Waals surface area contributed by atoms with E-state index in [-0.39, 0.29) is 24.3 Å². The Kier molecular flexibility index (Phi) is 5.08. The van der Waals surface area contributed by atoms with Gasteiger partial charge in [-0.05, 0) is 25.0 Å². The molecule has 2 amide bonds.